The van der Waals surface area contributed by atoms with E-state index in [0.29, 0.717) is 29.9 Å². The molecule has 1 heterocycles. The number of sulfonamides is 1. The highest BCUT2D eigenvalue weighted by Crippen LogP contribution is 2.19. The van der Waals surface area contributed by atoms with Crippen LogP contribution in [0.25, 0.3) is 0 Å². The minimum absolute atomic E-state index is 0.0537. The van der Waals surface area contributed by atoms with Crippen LogP contribution >= 0.6 is 0 Å². The van der Waals surface area contributed by atoms with Crippen LogP contribution in [0.5, 0.6) is 0 Å². The van der Waals surface area contributed by atoms with Crippen molar-refractivity contribution in [3.63, 3.8) is 0 Å². The summed E-state index contributed by atoms with van der Waals surface area (Å²) in [5.74, 6) is -0.0537. The number of hydrogen-bond donors (Lipinski definition) is 1. The molecule has 0 radical (unpaired) electrons. The van der Waals surface area contributed by atoms with Gasteiger partial charge in [0.25, 0.3) is 15.9 Å². The molecule has 0 aliphatic carbocycles. The molecule has 1 aliphatic rings. The third-order valence-electron chi connectivity index (χ3n) is 5.84. The topological polar surface area (TPSA) is 93.5 Å². The molecule has 1 fully saturated rings. The summed E-state index contributed by atoms with van der Waals surface area (Å²) in [7, 11) is -3.63. The average Bonchev–Trinajstić information content (AvgIpc) is 2.85. The van der Waals surface area contributed by atoms with Crippen molar-refractivity contribution in [1.82, 2.24) is 9.80 Å². The van der Waals surface area contributed by atoms with Crippen LogP contribution in [-0.2, 0) is 16.6 Å². The van der Waals surface area contributed by atoms with Crippen molar-refractivity contribution in [2.24, 2.45) is 0 Å². The molecule has 3 aromatic rings. The minimum Gasteiger partial charge on any atom is -0.336 e. The molecule has 1 amide bonds. The van der Waals surface area contributed by atoms with Crippen molar-refractivity contribution < 1.29 is 13.2 Å². The first-order chi connectivity index (χ1) is 16.3. The number of carbonyl (C=O) groups is 1. The molecule has 0 spiro atoms. The summed E-state index contributed by atoms with van der Waals surface area (Å²) in [5, 5.41) is 9.05. The van der Waals surface area contributed by atoms with Crippen molar-refractivity contribution >= 4 is 21.6 Å². The van der Waals surface area contributed by atoms with Crippen molar-refractivity contribution in [2.45, 2.75) is 18.4 Å². The maximum Gasteiger partial charge on any atom is 0.261 e. The zero-order valence-corrected chi connectivity index (χ0v) is 19.8. The first kappa shape index (κ1) is 23.5. The molecule has 3 aromatic carbocycles. The number of benzene rings is 3. The lowest BCUT2D eigenvalue weighted by Crippen LogP contribution is -2.48. The third-order valence-corrected chi connectivity index (χ3v) is 7.24. The van der Waals surface area contributed by atoms with Crippen LogP contribution in [0.15, 0.2) is 77.7 Å². The Bertz CT molecular complexity index is 1310. The van der Waals surface area contributed by atoms with Gasteiger partial charge in [-0.25, -0.2) is 8.42 Å². The second kappa shape index (κ2) is 10.1. The normalized spacial score (nSPS) is 14.4. The van der Waals surface area contributed by atoms with Gasteiger partial charge in [-0.1, -0.05) is 35.9 Å². The van der Waals surface area contributed by atoms with Crippen LogP contribution in [0.3, 0.4) is 0 Å². The van der Waals surface area contributed by atoms with Crippen molar-refractivity contribution in [3.05, 3.63) is 95.1 Å². The number of rotatable bonds is 6. The van der Waals surface area contributed by atoms with Gasteiger partial charge in [-0.2, -0.15) is 5.26 Å². The maximum absolute atomic E-state index is 12.7. The first-order valence-corrected chi connectivity index (χ1v) is 12.5. The van der Waals surface area contributed by atoms with Crippen molar-refractivity contribution in [1.29, 1.82) is 5.26 Å². The highest BCUT2D eigenvalue weighted by Gasteiger charge is 2.22. The molecular formula is C26H26N4O3S. The van der Waals surface area contributed by atoms with Gasteiger partial charge in [0.15, 0.2) is 0 Å². The summed E-state index contributed by atoms with van der Waals surface area (Å²) in [6.45, 7) is 5.34. The van der Waals surface area contributed by atoms with E-state index in [2.05, 4.69) is 15.7 Å². The summed E-state index contributed by atoms with van der Waals surface area (Å²) in [6, 6.07) is 22.9. The van der Waals surface area contributed by atoms with Crippen LogP contribution in [-0.4, -0.2) is 50.3 Å². The van der Waals surface area contributed by atoms with Crippen molar-refractivity contribution in [3.8, 4) is 6.07 Å². The van der Waals surface area contributed by atoms with E-state index in [1.807, 2.05) is 24.0 Å². The highest BCUT2D eigenvalue weighted by atomic mass is 32.2. The number of aryl methyl sites for hydroxylation is 1. The predicted molar refractivity (Wildman–Crippen MR) is 131 cm³/mol. The number of amides is 1. The number of nitrogens with one attached hydrogen (secondary N) is 1. The smallest absolute Gasteiger partial charge is 0.261 e. The van der Waals surface area contributed by atoms with E-state index in [1.54, 1.807) is 60.7 Å². The Morgan fingerprint density at radius 2 is 1.65 bits per heavy atom. The van der Waals surface area contributed by atoms with E-state index >= 15 is 0 Å². The fraction of sp³-hybridized carbons (Fsp3) is 0.231. The van der Waals surface area contributed by atoms with Gasteiger partial charge in [0.2, 0.25) is 0 Å². The van der Waals surface area contributed by atoms with Gasteiger partial charge in [0.05, 0.1) is 16.5 Å². The number of carbonyl (C=O) groups excluding carboxylic acids is 1. The Labute approximate surface area is 200 Å². The van der Waals surface area contributed by atoms with Gasteiger partial charge < -0.3 is 4.90 Å². The lowest BCUT2D eigenvalue weighted by Gasteiger charge is -2.34. The molecule has 0 bridgehead atoms. The highest BCUT2D eigenvalue weighted by molar-refractivity contribution is 7.92. The van der Waals surface area contributed by atoms with Crippen LogP contribution < -0.4 is 4.72 Å². The molecule has 4 rings (SSSR count). The molecule has 8 heteroatoms. The molecule has 1 aliphatic heterocycles. The lowest BCUT2D eigenvalue weighted by atomic mass is 10.1. The molecule has 0 saturated carbocycles. The zero-order chi connectivity index (χ0) is 24.1. The predicted octanol–water partition coefficient (Wildman–Crippen LogP) is 3.63. The number of anilines is 1. The van der Waals surface area contributed by atoms with Gasteiger partial charge in [-0.3, -0.25) is 14.4 Å². The second-order valence-electron chi connectivity index (χ2n) is 8.38. The molecule has 34 heavy (non-hydrogen) atoms. The first-order valence-electron chi connectivity index (χ1n) is 11.0. The number of nitrogens with zero attached hydrogens (tertiary/aromatic N) is 3. The van der Waals surface area contributed by atoms with Crippen molar-refractivity contribution in [2.75, 3.05) is 30.9 Å². The molecular weight excluding hydrogens is 448 g/mol. The van der Waals surface area contributed by atoms with E-state index in [1.165, 1.54) is 0 Å². The Kier molecular flexibility index (Phi) is 6.96. The monoisotopic (exact) mass is 474 g/mol. The van der Waals surface area contributed by atoms with Gasteiger partial charge in [0.1, 0.15) is 0 Å². The molecule has 0 aromatic heterocycles. The summed E-state index contributed by atoms with van der Waals surface area (Å²) in [4.78, 5) is 17.1. The van der Waals surface area contributed by atoms with E-state index in [9.17, 15) is 13.2 Å². The van der Waals surface area contributed by atoms with Crippen LogP contribution in [0.4, 0.5) is 5.69 Å². The van der Waals surface area contributed by atoms with E-state index in [-0.39, 0.29) is 10.8 Å². The van der Waals surface area contributed by atoms with Gasteiger partial charge >= 0.3 is 0 Å². The summed E-state index contributed by atoms with van der Waals surface area (Å²) in [5.41, 5.74) is 3.60. The Morgan fingerprint density at radius 3 is 2.29 bits per heavy atom. The number of piperazine rings is 1. The summed E-state index contributed by atoms with van der Waals surface area (Å²) in [6.07, 6.45) is 0. The summed E-state index contributed by atoms with van der Waals surface area (Å²) >= 11 is 0. The standard InChI is InChI=1S/C26H26N4O3S/c1-20-5-11-25(12-6-20)34(32,33)28-24-9-7-21(8-10-24)19-29-13-15-30(16-14-29)26(31)23-4-2-3-22(17-23)18-27/h2-12,17,28H,13-16,19H2,1H3. The van der Waals surface area contributed by atoms with Crippen LogP contribution in [0.2, 0.25) is 0 Å². The Hall–Kier alpha value is -3.67. The van der Waals surface area contributed by atoms with Gasteiger partial charge in [-0.15, -0.1) is 0 Å². The van der Waals surface area contributed by atoms with E-state index in [4.69, 9.17) is 5.26 Å². The molecule has 1 N–H and O–H groups in total. The Balaban J connectivity index is 1.31. The number of hydrogen-bond acceptors (Lipinski definition) is 5. The fourth-order valence-electron chi connectivity index (χ4n) is 3.88. The SMILES string of the molecule is Cc1ccc(S(=O)(=O)Nc2ccc(CN3CCN(C(=O)c4cccc(C#N)c4)CC3)cc2)cc1. The number of nitriles is 1. The quantitative estimate of drug-likeness (QED) is 0.589. The fourth-order valence-corrected chi connectivity index (χ4v) is 4.94. The van der Waals surface area contributed by atoms with E-state index in [0.717, 1.165) is 30.8 Å². The van der Waals surface area contributed by atoms with Crippen LogP contribution in [0, 0.1) is 18.3 Å². The minimum atomic E-state index is -3.63. The molecule has 1 saturated heterocycles. The maximum atomic E-state index is 12.7. The summed E-state index contributed by atoms with van der Waals surface area (Å²) < 4.78 is 27.8. The average molecular weight is 475 g/mol. The lowest BCUT2D eigenvalue weighted by molar-refractivity contribution is 0.0628. The largest absolute Gasteiger partial charge is 0.336 e. The van der Waals surface area contributed by atoms with Gasteiger partial charge in [-0.05, 0) is 55.0 Å². The van der Waals surface area contributed by atoms with Gasteiger partial charge in [0, 0.05) is 44.0 Å². The van der Waals surface area contributed by atoms with Crippen LogP contribution in [0.1, 0.15) is 27.0 Å². The zero-order valence-electron chi connectivity index (χ0n) is 18.9. The third kappa shape index (κ3) is 5.63. The molecule has 0 atom stereocenters. The molecule has 0 unspecified atom stereocenters. The molecule has 7 nitrogen and oxygen atoms in total. The van der Waals surface area contributed by atoms with E-state index < -0.39 is 10.0 Å². The second-order valence-corrected chi connectivity index (χ2v) is 10.1. The Morgan fingerprint density at radius 1 is 0.971 bits per heavy atom. The molecule has 174 valence electrons.